The second kappa shape index (κ2) is 6.78. The van der Waals surface area contributed by atoms with Gasteiger partial charge in [0.2, 0.25) is 5.60 Å². The predicted octanol–water partition coefficient (Wildman–Crippen LogP) is 5.50. The van der Waals surface area contributed by atoms with E-state index in [2.05, 4.69) is 0 Å². The summed E-state index contributed by atoms with van der Waals surface area (Å²) in [5, 5.41) is 21.3. The van der Waals surface area contributed by atoms with Crippen molar-refractivity contribution in [2.24, 2.45) is 0 Å². The highest BCUT2D eigenvalue weighted by Crippen LogP contribution is 2.64. The normalized spacial score (nSPS) is 24.3. The summed E-state index contributed by atoms with van der Waals surface area (Å²) < 4.78 is 165. The molecular formula is C19H10F12O2. The highest BCUT2D eigenvalue weighted by atomic mass is 19.4. The molecule has 0 aliphatic heterocycles. The second-order valence-corrected chi connectivity index (χ2v) is 7.23. The molecule has 1 aliphatic carbocycles. The van der Waals surface area contributed by atoms with Crippen molar-refractivity contribution in [1.29, 1.82) is 0 Å². The summed E-state index contributed by atoms with van der Waals surface area (Å²) in [6, 6.07) is 3.62. The fraction of sp³-hybridized carbons (Fsp3) is 0.368. The molecule has 1 aliphatic rings. The SMILES string of the molecule is OC1(C(F)(F)F)c2ccccc2C(O)(C(F)(F)C(F)(F)C(F)(F)C(F)(F)F)c2ccccc21. The van der Waals surface area contributed by atoms with Crippen molar-refractivity contribution < 1.29 is 62.9 Å². The third kappa shape index (κ3) is 2.85. The smallest absolute Gasteiger partial charge is 0.374 e. The lowest BCUT2D eigenvalue weighted by atomic mass is 9.64. The van der Waals surface area contributed by atoms with Gasteiger partial charge in [0.05, 0.1) is 0 Å². The van der Waals surface area contributed by atoms with Crippen LogP contribution in [0.3, 0.4) is 0 Å². The first-order valence-corrected chi connectivity index (χ1v) is 8.62. The van der Waals surface area contributed by atoms with E-state index in [9.17, 15) is 54.1 Å². The Morgan fingerprint density at radius 2 is 0.788 bits per heavy atom. The highest BCUT2D eigenvalue weighted by Gasteiger charge is 2.87. The Morgan fingerprint density at radius 3 is 1.06 bits per heavy atom. The van der Waals surface area contributed by atoms with Crippen LogP contribution < -0.4 is 0 Å². The third-order valence-corrected chi connectivity index (χ3v) is 5.42. The molecule has 3 rings (SSSR count). The van der Waals surface area contributed by atoms with E-state index >= 15 is 8.78 Å². The molecule has 0 amide bonds. The lowest BCUT2D eigenvalue weighted by molar-refractivity contribution is -0.415. The van der Waals surface area contributed by atoms with E-state index in [-0.39, 0.29) is 12.1 Å². The van der Waals surface area contributed by atoms with Crippen LogP contribution in [0.5, 0.6) is 0 Å². The molecule has 2 aromatic rings. The minimum absolute atomic E-state index is 0.178. The molecule has 33 heavy (non-hydrogen) atoms. The molecule has 14 heteroatoms. The van der Waals surface area contributed by atoms with Crippen molar-refractivity contribution in [2.45, 2.75) is 41.3 Å². The van der Waals surface area contributed by atoms with Crippen LogP contribution in [-0.4, -0.2) is 40.3 Å². The van der Waals surface area contributed by atoms with E-state index in [1.165, 1.54) is 0 Å². The monoisotopic (exact) mass is 498 g/mol. The maximum atomic E-state index is 15.1. The molecule has 2 N–H and O–H groups in total. The van der Waals surface area contributed by atoms with Crippen LogP contribution in [0.2, 0.25) is 0 Å². The van der Waals surface area contributed by atoms with Crippen LogP contribution in [-0.2, 0) is 11.2 Å². The van der Waals surface area contributed by atoms with Crippen LogP contribution in [0.25, 0.3) is 0 Å². The average molecular weight is 498 g/mol. The van der Waals surface area contributed by atoms with Crippen LogP contribution in [0.15, 0.2) is 48.5 Å². The van der Waals surface area contributed by atoms with Gasteiger partial charge in [-0.2, -0.15) is 52.7 Å². The lowest BCUT2D eigenvalue weighted by Crippen LogP contribution is -2.69. The quantitative estimate of drug-likeness (QED) is 0.549. The van der Waals surface area contributed by atoms with Crippen LogP contribution >= 0.6 is 0 Å². The fourth-order valence-electron chi connectivity index (χ4n) is 3.76. The standard InChI is InChI=1S/C19H10F12O2/c20-15(21,16(22,23)17(24,25)19(29,30)31)13(32)9-5-1-3-7-11(9)14(33,18(26,27)28)12-8-4-2-6-10(12)13/h1-8,32-33H. The van der Waals surface area contributed by atoms with Crippen molar-refractivity contribution >= 4 is 0 Å². The van der Waals surface area contributed by atoms with Crippen LogP contribution in [0, 0.1) is 0 Å². The number of alkyl halides is 12. The zero-order valence-corrected chi connectivity index (χ0v) is 15.5. The van der Waals surface area contributed by atoms with Crippen LogP contribution in [0.1, 0.15) is 22.3 Å². The number of halogens is 12. The molecule has 0 fully saturated rings. The first-order valence-electron chi connectivity index (χ1n) is 8.62. The molecular weight excluding hydrogens is 488 g/mol. The van der Waals surface area contributed by atoms with E-state index in [1.54, 1.807) is 0 Å². The first kappa shape index (κ1) is 25.1. The number of rotatable bonds is 3. The lowest BCUT2D eigenvalue weighted by Gasteiger charge is -2.49. The Balaban J connectivity index is 2.47. The van der Waals surface area contributed by atoms with E-state index in [0.717, 1.165) is 0 Å². The van der Waals surface area contributed by atoms with Gasteiger partial charge in [-0.05, 0) is 0 Å². The van der Waals surface area contributed by atoms with Gasteiger partial charge in [-0.1, -0.05) is 48.5 Å². The van der Waals surface area contributed by atoms with Crippen LogP contribution in [0.4, 0.5) is 52.7 Å². The third-order valence-electron chi connectivity index (χ3n) is 5.42. The largest absolute Gasteiger partial charge is 0.460 e. The molecule has 0 atom stereocenters. The minimum Gasteiger partial charge on any atom is -0.374 e. The van der Waals surface area contributed by atoms with E-state index in [0.29, 0.717) is 36.4 Å². The molecule has 0 saturated heterocycles. The van der Waals surface area contributed by atoms with Gasteiger partial charge < -0.3 is 10.2 Å². The summed E-state index contributed by atoms with van der Waals surface area (Å²) in [6.07, 6.45) is -13.0. The summed E-state index contributed by atoms with van der Waals surface area (Å²) in [5.74, 6) is -21.5. The molecule has 0 heterocycles. The molecule has 0 spiro atoms. The molecule has 0 unspecified atom stereocenters. The first-order chi connectivity index (χ1) is 14.7. The molecule has 182 valence electrons. The Kier molecular flexibility index (Phi) is 5.17. The Labute approximate surface area is 176 Å². The summed E-state index contributed by atoms with van der Waals surface area (Å²) in [5.41, 5.74) is -16.1. The van der Waals surface area contributed by atoms with Gasteiger partial charge in [0.15, 0.2) is 5.60 Å². The number of hydrogen-bond donors (Lipinski definition) is 2. The van der Waals surface area contributed by atoms with Gasteiger partial charge in [0.25, 0.3) is 0 Å². The Bertz CT molecular complexity index is 1020. The number of benzene rings is 2. The van der Waals surface area contributed by atoms with Crippen molar-refractivity contribution in [3.63, 3.8) is 0 Å². The second-order valence-electron chi connectivity index (χ2n) is 7.23. The van der Waals surface area contributed by atoms with Crippen molar-refractivity contribution in [1.82, 2.24) is 0 Å². The van der Waals surface area contributed by atoms with Crippen molar-refractivity contribution in [2.75, 3.05) is 0 Å². The molecule has 0 aromatic heterocycles. The molecule has 0 radical (unpaired) electrons. The fourth-order valence-corrected chi connectivity index (χ4v) is 3.76. The van der Waals surface area contributed by atoms with Gasteiger partial charge in [-0.3, -0.25) is 0 Å². The Morgan fingerprint density at radius 1 is 0.485 bits per heavy atom. The summed E-state index contributed by atoms with van der Waals surface area (Å²) >= 11 is 0. The highest BCUT2D eigenvalue weighted by molar-refractivity contribution is 5.59. The summed E-state index contributed by atoms with van der Waals surface area (Å²) in [4.78, 5) is 0. The number of fused-ring (bicyclic) bond motifs is 2. The number of hydrogen-bond acceptors (Lipinski definition) is 2. The van der Waals surface area contributed by atoms with Gasteiger partial charge in [-0.25, -0.2) is 0 Å². The summed E-state index contributed by atoms with van der Waals surface area (Å²) in [6.45, 7) is 0. The van der Waals surface area contributed by atoms with Gasteiger partial charge in [0, 0.05) is 22.3 Å². The minimum atomic E-state index is -7.42. The van der Waals surface area contributed by atoms with E-state index in [1.807, 2.05) is 0 Å². The molecule has 0 bridgehead atoms. The van der Waals surface area contributed by atoms with Gasteiger partial charge >= 0.3 is 30.1 Å². The van der Waals surface area contributed by atoms with E-state index in [4.69, 9.17) is 0 Å². The zero-order chi connectivity index (χ0) is 25.5. The average Bonchev–Trinajstić information content (AvgIpc) is 2.70. The van der Waals surface area contributed by atoms with Crippen molar-refractivity contribution in [3.05, 3.63) is 70.8 Å². The van der Waals surface area contributed by atoms with E-state index < -0.39 is 63.6 Å². The topological polar surface area (TPSA) is 40.5 Å². The molecule has 0 saturated carbocycles. The molecule has 2 nitrogen and oxygen atoms in total. The maximum Gasteiger partial charge on any atom is 0.460 e. The van der Waals surface area contributed by atoms with Gasteiger partial charge in [0.1, 0.15) is 0 Å². The molecule has 2 aromatic carbocycles. The Hall–Kier alpha value is -2.48. The maximum absolute atomic E-state index is 15.1. The van der Waals surface area contributed by atoms with Gasteiger partial charge in [-0.15, -0.1) is 0 Å². The predicted molar refractivity (Wildman–Crippen MR) is 85.8 cm³/mol. The number of aliphatic hydroxyl groups is 2. The van der Waals surface area contributed by atoms with Crippen molar-refractivity contribution in [3.8, 4) is 0 Å². The zero-order valence-electron chi connectivity index (χ0n) is 15.5. The summed E-state index contributed by atoms with van der Waals surface area (Å²) in [7, 11) is 0.